The van der Waals surface area contributed by atoms with Crippen molar-refractivity contribution in [2.45, 2.75) is 45.3 Å². The minimum atomic E-state index is -0.470. The molecule has 0 bridgehead atoms. The molecule has 17 heavy (non-hydrogen) atoms. The van der Waals surface area contributed by atoms with Crippen LogP contribution in [0.3, 0.4) is 0 Å². The Morgan fingerprint density at radius 3 is 2.71 bits per heavy atom. The van der Waals surface area contributed by atoms with E-state index < -0.39 is 6.10 Å². The summed E-state index contributed by atoms with van der Waals surface area (Å²) in [5.74, 6) is 0.0136. The number of ether oxygens (including phenoxy) is 1. The molecule has 1 amide bonds. The maximum absolute atomic E-state index is 11.6. The van der Waals surface area contributed by atoms with E-state index in [-0.39, 0.29) is 11.9 Å². The van der Waals surface area contributed by atoms with Crippen molar-refractivity contribution in [1.82, 2.24) is 10.6 Å². The fourth-order valence-electron chi connectivity index (χ4n) is 1.38. The highest BCUT2D eigenvalue weighted by Gasteiger charge is 2.11. The average Bonchev–Trinajstić information content (AvgIpc) is 2.29. The smallest absolute Gasteiger partial charge is 0.236 e. The van der Waals surface area contributed by atoms with Gasteiger partial charge in [-0.1, -0.05) is 13.3 Å². The molecule has 2 unspecified atom stereocenters. The molecule has 0 fully saturated rings. The van der Waals surface area contributed by atoms with Crippen LogP contribution in [0.4, 0.5) is 0 Å². The topological polar surface area (TPSA) is 70.6 Å². The van der Waals surface area contributed by atoms with Gasteiger partial charge in [-0.05, 0) is 26.3 Å². The highest BCUT2D eigenvalue weighted by atomic mass is 16.5. The van der Waals surface area contributed by atoms with Crippen molar-refractivity contribution >= 4 is 5.91 Å². The van der Waals surface area contributed by atoms with Gasteiger partial charge in [0.25, 0.3) is 0 Å². The summed E-state index contributed by atoms with van der Waals surface area (Å²) in [7, 11) is 1.56. The summed E-state index contributed by atoms with van der Waals surface area (Å²) in [4.78, 5) is 11.6. The van der Waals surface area contributed by atoms with Gasteiger partial charge in [0.05, 0.1) is 18.8 Å². The van der Waals surface area contributed by atoms with Crippen molar-refractivity contribution in [2.24, 2.45) is 0 Å². The largest absolute Gasteiger partial charge is 0.391 e. The summed E-state index contributed by atoms with van der Waals surface area (Å²) in [6, 6.07) is -0.221. The van der Waals surface area contributed by atoms with Crippen LogP contribution in [0.2, 0.25) is 0 Å². The number of rotatable bonds is 10. The lowest BCUT2D eigenvalue weighted by Gasteiger charge is -2.15. The predicted molar refractivity (Wildman–Crippen MR) is 67.9 cm³/mol. The van der Waals surface area contributed by atoms with Gasteiger partial charge in [-0.15, -0.1) is 0 Å². The molecule has 5 heteroatoms. The van der Waals surface area contributed by atoms with E-state index in [9.17, 15) is 9.90 Å². The molecule has 0 saturated heterocycles. The number of unbranched alkanes of at least 4 members (excludes halogenated alkanes) is 1. The van der Waals surface area contributed by atoms with Crippen LogP contribution in [0.25, 0.3) is 0 Å². The molecule has 0 spiro atoms. The van der Waals surface area contributed by atoms with Crippen LogP contribution in [0.5, 0.6) is 0 Å². The first-order valence-electron chi connectivity index (χ1n) is 6.29. The van der Waals surface area contributed by atoms with Crippen molar-refractivity contribution in [3.8, 4) is 0 Å². The Bertz CT molecular complexity index is 200. The zero-order valence-corrected chi connectivity index (χ0v) is 11.2. The number of carbonyl (C=O) groups is 1. The van der Waals surface area contributed by atoms with Gasteiger partial charge in [0.1, 0.15) is 0 Å². The van der Waals surface area contributed by atoms with Gasteiger partial charge in [0.15, 0.2) is 0 Å². The molecule has 0 aliphatic carbocycles. The van der Waals surface area contributed by atoms with E-state index >= 15 is 0 Å². The van der Waals surface area contributed by atoms with Gasteiger partial charge in [-0.25, -0.2) is 0 Å². The Hall–Kier alpha value is -0.650. The lowest BCUT2D eigenvalue weighted by Crippen LogP contribution is -2.43. The number of carbonyl (C=O) groups excluding carboxylic acids is 1. The second-order valence-electron chi connectivity index (χ2n) is 4.22. The van der Waals surface area contributed by atoms with Gasteiger partial charge < -0.3 is 20.5 Å². The van der Waals surface area contributed by atoms with E-state index in [2.05, 4.69) is 17.6 Å². The number of nitrogens with one attached hydrogen (secondary N) is 2. The number of amides is 1. The summed E-state index contributed by atoms with van der Waals surface area (Å²) >= 11 is 0. The van der Waals surface area contributed by atoms with E-state index in [4.69, 9.17) is 4.74 Å². The van der Waals surface area contributed by atoms with Crippen LogP contribution in [0.15, 0.2) is 0 Å². The molecule has 2 atom stereocenters. The zero-order chi connectivity index (χ0) is 13.1. The molecular weight excluding hydrogens is 220 g/mol. The summed E-state index contributed by atoms with van der Waals surface area (Å²) in [5, 5.41) is 15.3. The van der Waals surface area contributed by atoms with Crippen LogP contribution in [-0.4, -0.2) is 50.0 Å². The number of aliphatic hydroxyl groups excluding tert-OH is 1. The molecule has 0 aromatic heterocycles. The molecule has 0 saturated carbocycles. The van der Waals surface area contributed by atoms with Crippen molar-refractivity contribution in [1.29, 1.82) is 0 Å². The van der Waals surface area contributed by atoms with Crippen LogP contribution in [0, 0.1) is 0 Å². The van der Waals surface area contributed by atoms with Gasteiger partial charge in [-0.2, -0.15) is 0 Å². The highest BCUT2D eigenvalue weighted by Crippen LogP contribution is 1.92. The molecule has 0 aromatic carbocycles. The molecule has 3 N–H and O–H groups in total. The molecule has 0 aromatic rings. The molecule has 0 rings (SSSR count). The van der Waals surface area contributed by atoms with Gasteiger partial charge in [0.2, 0.25) is 5.91 Å². The Labute approximate surface area is 104 Å². The fraction of sp³-hybridized carbons (Fsp3) is 0.917. The highest BCUT2D eigenvalue weighted by molar-refractivity contribution is 5.81. The Morgan fingerprint density at radius 2 is 2.12 bits per heavy atom. The Morgan fingerprint density at radius 1 is 1.41 bits per heavy atom. The third-order valence-corrected chi connectivity index (χ3v) is 2.51. The molecule has 0 aliphatic heterocycles. The van der Waals surface area contributed by atoms with E-state index in [1.54, 1.807) is 7.11 Å². The van der Waals surface area contributed by atoms with E-state index in [1.807, 2.05) is 6.92 Å². The van der Waals surface area contributed by atoms with Crippen LogP contribution in [0.1, 0.15) is 33.1 Å². The normalized spacial score (nSPS) is 14.4. The Balaban J connectivity index is 3.56. The van der Waals surface area contributed by atoms with Crippen LogP contribution in [-0.2, 0) is 9.53 Å². The summed E-state index contributed by atoms with van der Waals surface area (Å²) in [6.45, 7) is 5.58. The van der Waals surface area contributed by atoms with Crippen LogP contribution >= 0.6 is 0 Å². The Kier molecular flexibility index (Phi) is 10.1. The van der Waals surface area contributed by atoms with Gasteiger partial charge in [0, 0.05) is 13.7 Å². The maximum atomic E-state index is 11.6. The maximum Gasteiger partial charge on any atom is 0.236 e. The summed E-state index contributed by atoms with van der Waals surface area (Å²) in [5.41, 5.74) is 0. The number of hydrogen-bond donors (Lipinski definition) is 3. The van der Waals surface area contributed by atoms with Crippen molar-refractivity contribution in [3.05, 3.63) is 0 Å². The first-order chi connectivity index (χ1) is 8.11. The van der Waals surface area contributed by atoms with Crippen LogP contribution < -0.4 is 10.6 Å². The fourth-order valence-corrected chi connectivity index (χ4v) is 1.38. The van der Waals surface area contributed by atoms with E-state index in [0.717, 1.165) is 19.4 Å². The van der Waals surface area contributed by atoms with E-state index in [0.29, 0.717) is 19.6 Å². The zero-order valence-electron chi connectivity index (χ0n) is 11.2. The van der Waals surface area contributed by atoms with Crippen molar-refractivity contribution < 1.29 is 14.6 Å². The van der Waals surface area contributed by atoms with Gasteiger partial charge >= 0.3 is 0 Å². The lowest BCUT2D eigenvalue weighted by molar-refractivity contribution is -0.122. The summed E-state index contributed by atoms with van der Waals surface area (Å²) < 4.78 is 4.82. The summed E-state index contributed by atoms with van der Waals surface area (Å²) in [6.07, 6.45) is 2.19. The molecular formula is C12H26N2O3. The quantitative estimate of drug-likeness (QED) is 0.484. The number of methoxy groups -OCH3 is 1. The van der Waals surface area contributed by atoms with Gasteiger partial charge in [-0.3, -0.25) is 4.79 Å². The standard InChI is InChI=1S/C12H26N2O3/c1-4-5-7-14-12(16)10(2)13-8-6-11(15)9-17-3/h10-11,13,15H,4-9H2,1-3H3,(H,14,16). The molecule has 0 aliphatic rings. The lowest BCUT2D eigenvalue weighted by atomic mass is 10.2. The van der Waals surface area contributed by atoms with Crippen molar-refractivity contribution in [2.75, 3.05) is 26.8 Å². The molecule has 5 nitrogen and oxygen atoms in total. The monoisotopic (exact) mass is 246 g/mol. The number of hydrogen-bond acceptors (Lipinski definition) is 4. The third-order valence-electron chi connectivity index (χ3n) is 2.51. The molecule has 0 heterocycles. The minimum Gasteiger partial charge on any atom is -0.391 e. The minimum absolute atomic E-state index is 0.0136. The SMILES string of the molecule is CCCCNC(=O)C(C)NCCC(O)COC. The first-order valence-corrected chi connectivity index (χ1v) is 6.29. The second kappa shape index (κ2) is 10.5. The number of aliphatic hydroxyl groups is 1. The predicted octanol–water partition coefficient (Wildman–Crippen LogP) is 0.278. The second-order valence-corrected chi connectivity index (χ2v) is 4.22. The molecule has 102 valence electrons. The molecule has 0 radical (unpaired) electrons. The average molecular weight is 246 g/mol. The van der Waals surface area contributed by atoms with Crippen molar-refractivity contribution in [3.63, 3.8) is 0 Å². The van der Waals surface area contributed by atoms with E-state index in [1.165, 1.54) is 0 Å². The third kappa shape index (κ3) is 9.09. The first kappa shape index (κ1) is 16.4.